The molecule has 18 heavy (non-hydrogen) atoms. The first-order valence-electron chi connectivity index (χ1n) is 6.87. The molecule has 1 nitrogen and oxygen atoms in total. The van der Waals surface area contributed by atoms with Crippen molar-refractivity contribution in [1.29, 1.82) is 0 Å². The van der Waals surface area contributed by atoms with Crippen molar-refractivity contribution < 1.29 is 0 Å². The van der Waals surface area contributed by atoms with Gasteiger partial charge >= 0.3 is 0 Å². The molecule has 0 unspecified atom stereocenters. The van der Waals surface area contributed by atoms with Crippen molar-refractivity contribution in [3.05, 3.63) is 53.3 Å². The van der Waals surface area contributed by atoms with E-state index in [1.54, 1.807) is 11.1 Å². The number of pyridine rings is 1. The minimum Gasteiger partial charge on any atom is -0.264 e. The van der Waals surface area contributed by atoms with E-state index >= 15 is 0 Å². The normalized spacial score (nSPS) is 14.9. The van der Waals surface area contributed by atoms with Crippen molar-refractivity contribution in [1.82, 2.24) is 4.98 Å². The molecule has 0 N–H and O–H groups in total. The molecule has 3 rings (SSSR count). The van der Waals surface area contributed by atoms with Gasteiger partial charge in [0.15, 0.2) is 0 Å². The van der Waals surface area contributed by atoms with Gasteiger partial charge in [-0.15, -0.1) is 0 Å². The quantitative estimate of drug-likeness (QED) is 0.673. The lowest BCUT2D eigenvalue weighted by Crippen LogP contribution is -1.92. The predicted octanol–water partition coefficient (Wildman–Crippen LogP) is 4.33. The molecule has 0 saturated heterocycles. The van der Waals surface area contributed by atoms with Crippen LogP contribution in [0.3, 0.4) is 0 Å². The van der Waals surface area contributed by atoms with Crippen LogP contribution in [-0.2, 0) is 12.8 Å². The van der Waals surface area contributed by atoms with E-state index in [-0.39, 0.29) is 0 Å². The largest absolute Gasteiger partial charge is 0.264 e. The topological polar surface area (TPSA) is 12.9 Å². The molecule has 0 bridgehead atoms. The third-order valence-corrected chi connectivity index (χ3v) is 3.81. The summed E-state index contributed by atoms with van der Waals surface area (Å²) in [5, 5.41) is 0. The number of hydrogen-bond donors (Lipinski definition) is 0. The summed E-state index contributed by atoms with van der Waals surface area (Å²) in [5.41, 5.74) is 6.87. The summed E-state index contributed by atoms with van der Waals surface area (Å²) < 4.78 is 0. The Labute approximate surface area is 109 Å². The SMILES string of the molecule is Cc1cncc(-c2ccc3c(c2)CCCCC3)c1. The summed E-state index contributed by atoms with van der Waals surface area (Å²) in [6, 6.07) is 9.15. The fourth-order valence-corrected chi connectivity index (χ4v) is 2.80. The van der Waals surface area contributed by atoms with Gasteiger partial charge in [-0.25, -0.2) is 0 Å². The van der Waals surface area contributed by atoms with E-state index in [1.165, 1.54) is 48.8 Å². The van der Waals surface area contributed by atoms with Gasteiger partial charge in [0, 0.05) is 18.0 Å². The Balaban J connectivity index is 2.01. The second-order valence-corrected chi connectivity index (χ2v) is 5.30. The first-order valence-corrected chi connectivity index (χ1v) is 6.87. The lowest BCUT2D eigenvalue weighted by atomic mass is 9.97. The fourth-order valence-electron chi connectivity index (χ4n) is 2.80. The van der Waals surface area contributed by atoms with Crippen LogP contribution >= 0.6 is 0 Å². The van der Waals surface area contributed by atoms with Crippen molar-refractivity contribution in [3.63, 3.8) is 0 Å². The Kier molecular flexibility index (Phi) is 3.14. The maximum atomic E-state index is 4.29. The zero-order chi connectivity index (χ0) is 12.4. The van der Waals surface area contributed by atoms with E-state index in [2.05, 4.69) is 36.2 Å². The molecular weight excluding hydrogens is 218 g/mol. The number of hydrogen-bond acceptors (Lipinski definition) is 1. The summed E-state index contributed by atoms with van der Waals surface area (Å²) in [6.45, 7) is 2.10. The molecule has 0 radical (unpaired) electrons. The summed E-state index contributed by atoms with van der Waals surface area (Å²) in [5.74, 6) is 0. The second-order valence-electron chi connectivity index (χ2n) is 5.30. The highest BCUT2D eigenvalue weighted by atomic mass is 14.6. The highest BCUT2D eigenvalue weighted by molar-refractivity contribution is 5.64. The van der Waals surface area contributed by atoms with Crippen LogP contribution in [0, 0.1) is 6.92 Å². The Morgan fingerprint density at radius 2 is 1.67 bits per heavy atom. The average Bonchev–Trinajstić information content (AvgIpc) is 2.63. The minimum absolute atomic E-state index is 1.22. The maximum absolute atomic E-state index is 4.29. The third-order valence-electron chi connectivity index (χ3n) is 3.81. The van der Waals surface area contributed by atoms with Gasteiger partial charge in [-0.1, -0.05) is 24.6 Å². The molecule has 1 aliphatic carbocycles. The second kappa shape index (κ2) is 4.93. The smallest absolute Gasteiger partial charge is 0.0346 e. The molecule has 0 atom stereocenters. The monoisotopic (exact) mass is 237 g/mol. The fraction of sp³-hybridized carbons (Fsp3) is 0.353. The minimum atomic E-state index is 1.22. The summed E-state index contributed by atoms with van der Waals surface area (Å²) in [7, 11) is 0. The molecule has 2 aromatic rings. The molecule has 0 spiro atoms. The van der Waals surface area contributed by atoms with E-state index in [4.69, 9.17) is 0 Å². The van der Waals surface area contributed by atoms with Crippen molar-refractivity contribution in [2.24, 2.45) is 0 Å². The molecule has 92 valence electrons. The average molecular weight is 237 g/mol. The van der Waals surface area contributed by atoms with Gasteiger partial charge in [0.2, 0.25) is 0 Å². The zero-order valence-corrected chi connectivity index (χ0v) is 10.9. The zero-order valence-electron chi connectivity index (χ0n) is 10.9. The molecule has 0 amide bonds. The van der Waals surface area contributed by atoms with Crippen molar-refractivity contribution >= 4 is 0 Å². The number of benzene rings is 1. The Bertz CT molecular complexity index is 557. The first-order chi connectivity index (χ1) is 8.83. The van der Waals surface area contributed by atoms with Gasteiger partial charge in [-0.05, 0) is 60.9 Å². The standard InChI is InChI=1S/C17H19N/c1-13-9-17(12-18-11-13)16-8-7-14-5-3-2-4-6-15(14)10-16/h7-12H,2-6H2,1H3. The first kappa shape index (κ1) is 11.5. The van der Waals surface area contributed by atoms with Crippen LogP contribution in [0.5, 0.6) is 0 Å². The Morgan fingerprint density at radius 1 is 0.833 bits per heavy atom. The molecule has 1 heterocycles. The van der Waals surface area contributed by atoms with Crippen LogP contribution in [0.2, 0.25) is 0 Å². The van der Waals surface area contributed by atoms with E-state index in [0.29, 0.717) is 0 Å². The highest BCUT2D eigenvalue weighted by Crippen LogP contribution is 2.26. The lowest BCUT2D eigenvalue weighted by Gasteiger charge is -2.09. The third kappa shape index (κ3) is 2.31. The number of fused-ring (bicyclic) bond motifs is 1. The molecule has 0 saturated carbocycles. The molecule has 0 fully saturated rings. The predicted molar refractivity (Wildman–Crippen MR) is 75.7 cm³/mol. The lowest BCUT2D eigenvalue weighted by molar-refractivity contribution is 0.711. The number of aromatic nitrogens is 1. The van der Waals surface area contributed by atoms with Crippen LogP contribution in [0.25, 0.3) is 11.1 Å². The van der Waals surface area contributed by atoms with Crippen LogP contribution in [0.15, 0.2) is 36.7 Å². The van der Waals surface area contributed by atoms with Gasteiger partial charge in [0.25, 0.3) is 0 Å². The molecule has 1 aliphatic rings. The van der Waals surface area contributed by atoms with Gasteiger partial charge in [-0.2, -0.15) is 0 Å². The molecule has 1 aromatic carbocycles. The molecule has 1 aromatic heterocycles. The number of nitrogens with zero attached hydrogens (tertiary/aromatic N) is 1. The van der Waals surface area contributed by atoms with Crippen LogP contribution in [0.1, 0.15) is 36.0 Å². The highest BCUT2D eigenvalue weighted by Gasteiger charge is 2.09. The molecule has 0 aliphatic heterocycles. The van der Waals surface area contributed by atoms with E-state index in [0.717, 1.165) is 0 Å². The van der Waals surface area contributed by atoms with Gasteiger partial charge in [0.1, 0.15) is 0 Å². The summed E-state index contributed by atoms with van der Waals surface area (Å²) in [4.78, 5) is 4.29. The Hall–Kier alpha value is -1.63. The van der Waals surface area contributed by atoms with Crippen LogP contribution < -0.4 is 0 Å². The summed E-state index contributed by atoms with van der Waals surface area (Å²) >= 11 is 0. The maximum Gasteiger partial charge on any atom is 0.0346 e. The van der Waals surface area contributed by atoms with E-state index in [9.17, 15) is 0 Å². The summed E-state index contributed by atoms with van der Waals surface area (Å²) in [6.07, 6.45) is 10.4. The van der Waals surface area contributed by atoms with Gasteiger partial charge in [0.05, 0.1) is 0 Å². The number of rotatable bonds is 1. The van der Waals surface area contributed by atoms with Crippen LogP contribution in [-0.4, -0.2) is 4.98 Å². The molecular formula is C17H19N. The van der Waals surface area contributed by atoms with E-state index in [1.807, 2.05) is 12.4 Å². The molecule has 1 heteroatoms. The number of aryl methyl sites for hydroxylation is 3. The van der Waals surface area contributed by atoms with Crippen LogP contribution in [0.4, 0.5) is 0 Å². The van der Waals surface area contributed by atoms with Crippen molar-refractivity contribution in [3.8, 4) is 11.1 Å². The van der Waals surface area contributed by atoms with Gasteiger partial charge in [-0.3, -0.25) is 4.98 Å². The van der Waals surface area contributed by atoms with E-state index < -0.39 is 0 Å². The Morgan fingerprint density at radius 3 is 2.50 bits per heavy atom. The van der Waals surface area contributed by atoms with Crippen molar-refractivity contribution in [2.45, 2.75) is 39.0 Å². The van der Waals surface area contributed by atoms with Gasteiger partial charge < -0.3 is 0 Å². The van der Waals surface area contributed by atoms with Crippen molar-refractivity contribution in [2.75, 3.05) is 0 Å².